The smallest absolute Gasteiger partial charge is 0.308 e. The summed E-state index contributed by atoms with van der Waals surface area (Å²) in [7, 11) is 1.60. The molecule has 3 atom stereocenters. The van der Waals surface area contributed by atoms with Crippen LogP contribution in [0.2, 0.25) is 0 Å². The molecule has 0 saturated carbocycles. The molecule has 0 amide bonds. The third kappa shape index (κ3) is 6.51. The first-order valence-electron chi connectivity index (χ1n) is 11.9. The summed E-state index contributed by atoms with van der Waals surface area (Å²) >= 11 is 1.58. The van der Waals surface area contributed by atoms with Gasteiger partial charge in [0.2, 0.25) is 0 Å². The quantitative estimate of drug-likeness (QED) is 0.380. The van der Waals surface area contributed by atoms with Crippen molar-refractivity contribution in [2.24, 2.45) is 11.8 Å². The third-order valence-electron chi connectivity index (χ3n) is 6.78. The number of carboxylic acid groups (broad SMARTS) is 1. The fourth-order valence-electron chi connectivity index (χ4n) is 4.84. The predicted octanol–water partition coefficient (Wildman–Crippen LogP) is 5.01. The zero-order chi connectivity index (χ0) is 24.8. The van der Waals surface area contributed by atoms with Crippen molar-refractivity contribution in [3.63, 3.8) is 0 Å². The van der Waals surface area contributed by atoms with Crippen LogP contribution in [0.15, 0.2) is 59.6 Å². The summed E-state index contributed by atoms with van der Waals surface area (Å²) in [6.07, 6.45) is 2.88. The Labute approximate surface area is 209 Å². The molecule has 6 nitrogen and oxygen atoms in total. The molecule has 2 aromatic carbocycles. The first-order chi connectivity index (χ1) is 16.9. The van der Waals surface area contributed by atoms with E-state index in [2.05, 4.69) is 9.88 Å². The second kappa shape index (κ2) is 11.8. The third-order valence-corrected chi connectivity index (χ3v) is 7.76. The summed E-state index contributed by atoms with van der Waals surface area (Å²) in [5, 5.41) is 21.7. The molecule has 1 saturated heterocycles. The molecule has 2 heterocycles. The van der Waals surface area contributed by atoms with Crippen LogP contribution in [0.25, 0.3) is 10.9 Å². The normalized spacial score (nSPS) is 19.5. The number of hydrogen-bond acceptors (Lipinski definition) is 6. The molecule has 35 heavy (non-hydrogen) atoms. The lowest BCUT2D eigenvalue weighted by atomic mass is 9.81. The van der Waals surface area contributed by atoms with Crippen LogP contribution in [0.1, 0.15) is 30.9 Å². The summed E-state index contributed by atoms with van der Waals surface area (Å²) < 4.78 is 18.7. The molecule has 4 rings (SSSR count). The van der Waals surface area contributed by atoms with Crippen LogP contribution in [0.3, 0.4) is 0 Å². The number of aromatic nitrogens is 1. The van der Waals surface area contributed by atoms with Gasteiger partial charge in [-0.1, -0.05) is 6.07 Å². The van der Waals surface area contributed by atoms with Crippen molar-refractivity contribution in [1.29, 1.82) is 0 Å². The van der Waals surface area contributed by atoms with E-state index in [0.717, 1.165) is 46.6 Å². The Morgan fingerprint density at radius 1 is 1.29 bits per heavy atom. The van der Waals surface area contributed by atoms with Crippen molar-refractivity contribution in [3.05, 3.63) is 66.1 Å². The molecule has 0 spiro atoms. The summed E-state index contributed by atoms with van der Waals surface area (Å²) in [5.41, 5.74) is 1.57. The molecule has 2 N–H and O–H groups in total. The van der Waals surface area contributed by atoms with Gasteiger partial charge in [-0.15, -0.1) is 11.8 Å². The number of benzene rings is 2. The van der Waals surface area contributed by atoms with E-state index in [1.165, 1.54) is 12.1 Å². The number of nitrogens with zero attached hydrogens (tertiary/aromatic N) is 2. The Bertz CT molecular complexity index is 1160. The number of aliphatic hydroxyl groups excluding tert-OH is 1. The molecule has 0 bridgehead atoms. The number of carboxylic acids is 1. The fourth-order valence-corrected chi connectivity index (χ4v) is 5.79. The average Bonchev–Trinajstić information content (AvgIpc) is 2.87. The highest BCUT2D eigenvalue weighted by molar-refractivity contribution is 7.99. The van der Waals surface area contributed by atoms with Gasteiger partial charge in [0.15, 0.2) is 0 Å². The van der Waals surface area contributed by atoms with Crippen molar-refractivity contribution < 1.29 is 24.1 Å². The number of fused-ring (bicyclic) bond motifs is 1. The second-order valence-electron chi connectivity index (χ2n) is 8.98. The number of rotatable bonds is 10. The first-order valence-corrected chi connectivity index (χ1v) is 12.9. The lowest BCUT2D eigenvalue weighted by Crippen LogP contribution is -2.44. The average molecular weight is 499 g/mol. The number of pyridine rings is 1. The van der Waals surface area contributed by atoms with Gasteiger partial charge in [0.1, 0.15) is 11.6 Å². The van der Waals surface area contributed by atoms with Gasteiger partial charge >= 0.3 is 5.97 Å². The fraction of sp³-hybridized carbons (Fsp3) is 0.407. The number of halogens is 1. The zero-order valence-electron chi connectivity index (χ0n) is 19.8. The number of aliphatic carboxylic acids is 1. The Balaban J connectivity index is 1.33. The van der Waals surface area contributed by atoms with Gasteiger partial charge in [-0.2, -0.15) is 0 Å². The first kappa shape index (κ1) is 25.4. The molecule has 8 heteroatoms. The number of piperidine rings is 1. The van der Waals surface area contributed by atoms with Gasteiger partial charge < -0.3 is 19.8 Å². The van der Waals surface area contributed by atoms with E-state index in [1.807, 2.05) is 30.3 Å². The standard InChI is InChI=1S/C27H31FN2O4S/c1-34-20-6-7-25-23(16-20)22(9-11-29-25)26(31)8-5-18-10-12-30(17-24(18)27(32)33)13-14-35-21-4-2-3-19(28)15-21/h2-4,6-7,9,11,15-16,18,24,26,31H,5,8,10,12-14,17H2,1H3,(H,32,33)/t18-,24+,26?/m1/s1. The van der Waals surface area contributed by atoms with Crippen LogP contribution in [0.4, 0.5) is 4.39 Å². The van der Waals surface area contributed by atoms with Crippen LogP contribution in [0.5, 0.6) is 5.75 Å². The van der Waals surface area contributed by atoms with E-state index in [4.69, 9.17) is 4.74 Å². The SMILES string of the molecule is COc1ccc2nccc(C(O)CC[C@@H]3CCN(CCSc4cccc(F)c4)C[C@@H]3C(=O)O)c2c1. The molecule has 186 valence electrons. The maximum absolute atomic E-state index is 13.4. The summed E-state index contributed by atoms with van der Waals surface area (Å²) in [6, 6.07) is 13.9. The predicted molar refractivity (Wildman–Crippen MR) is 135 cm³/mol. The van der Waals surface area contributed by atoms with E-state index in [1.54, 1.807) is 31.1 Å². The second-order valence-corrected chi connectivity index (χ2v) is 10.1. The number of thioether (sulfide) groups is 1. The molecule has 3 aromatic rings. The number of likely N-dealkylation sites (tertiary alicyclic amines) is 1. The van der Waals surface area contributed by atoms with Crippen molar-refractivity contribution in [2.75, 3.05) is 32.5 Å². The van der Waals surface area contributed by atoms with E-state index < -0.39 is 18.0 Å². The summed E-state index contributed by atoms with van der Waals surface area (Å²) in [4.78, 5) is 19.5. The Morgan fingerprint density at radius 3 is 2.91 bits per heavy atom. The van der Waals surface area contributed by atoms with E-state index in [0.29, 0.717) is 25.1 Å². The lowest BCUT2D eigenvalue weighted by molar-refractivity contribution is -0.146. The number of methoxy groups -OCH3 is 1. The molecular weight excluding hydrogens is 467 g/mol. The minimum atomic E-state index is -0.786. The Kier molecular flexibility index (Phi) is 8.59. The minimum absolute atomic E-state index is 0.0110. The number of carbonyl (C=O) groups is 1. The number of aliphatic hydroxyl groups is 1. The van der Waals surface area contributed by atoms with Gasteiger partial charge in [-0.05, 0) is 79.8 Å². The number of hydrogen-bond donors (Lipinski definition) is 2. The van der Waals surface area contributed by atoms with Crippen molar-refractivity contribution in [3.8, 4) is 5.75 Å². The van der Waals surface area contributed by atoms with Crippen LogP contribution in [-0.4, -0.2) is 58.6 Å². The van der Waals surface area contributed by atoms with Gasteiger partial charge in [0.25, 0.3) is 0 Å². The largest absolute Gasteiger partial charge is 0.497 e. The van der Waals surface area contributed by atoms with Crippen molar-refractivity contribution in [2.45, 2.75) is 30.3 Å². The molecule has 1 aliphatic heterocycles. The molecular formula is C27H31FN2O4S. The van der Waals surface area contributed by atoms with E-state index in [-0.39, 0.29) is 11.7 Å². The van der Waals surface area contributed by atoms with Crippen LogP contribution < -0.4 is 4.74 Å². The van der Waals surface area contributed by atoms with Gasteiger partial charge in [-0.25, -0.2) is 4.39 Å². The van der Waals surface area contributed by atoms with Gasteiger partial charge in [0, 0.05) is 35.3 Å². The molecule has 1 aliphatic rings. The molecule has 1 aromatic heterocycles. The minimum Gasteiger partial charge on any atom is -0.497 e. The van der Waals surface area contributed by atoms with Crippen LogP contribution >= 0.6 is 11.8 Å². The number of ether oxygens (including phenoxy) is 1. The van der Waals surface area contributed by atoms with Gasteiger partial charge in [-0.3, -0.25) is 9.78 Å². The molecule has 1 fully saturated rings. The molecule has 0 aliphatic carbocycles. The summed E-state index contributed by atoms with van der Waals surface area (Å²) in [6.45, 7) is 2.07. The van der Waals surface area contributed by atoms with Crippen molar-refractivity contribution in [1.82, 2.24) is 9.88 Å². The zero-order valence-corrected chi connectivity index (χ0v) is 20.6. The highest BCUT2D eigenvalue weighted by Crippen LogP contribution is 2.34. The summed E-state index contributed by atoms with van der Waals surface area (Å²) in [5.74, 6) is -0.0133. The maximum Gasteiger partial charge on any atom is 0.308 e. The van der Waals surface area contributed by atoms with E-state index >= 15 is 0 Å². The molecule has 0 radical (unpaired) electrons. The van der Waals surface area contributed by atoms with Crippen molar-refractivity contribution >= 4 is 28.6 Å². The monoisotopic (exact) mass is 498 g/mol. The highest BCUT2D eigenvalue weighted by atomic mass is 32.2. The Hall–Kier alpha value is -2.68. The highest BCUT2D eigenvalue weighted by Gasteiger charge is 2.34. The van der Waals surface area contributed by atoms with Crippen LogP contribution in [-0.2, 0) is 4.79 Å². The van der Waals surface area contributed by atoms with Gasteiger partial charge in [0.05, 0.1) is 24.6 Å². The Morgan fingerprint density at radius 2 is 2.14 bits per heavy atom. The van der Waals surface area contributed by atoms with E-state index in [9.17, 15) is 19.4 Å². The molecule has 1 unspecified atom stereocenters. The lowest BCUT2D eigenvalue weighted by Gasteiger charge is -2.37. The topological polar surface area (TPSA) is 82.9 Å². The van der Waals surface area contributed by atoms with Crippen LogP contribution in [0, 0.1) is 17.7 Å². The maximum atomic E-state index is 13.4.